The molecule has 130 valence electrons. The van der Waals surface area contributed by atoms with Crippen LogP contribution in [0.5, 0.6) is 0 Å². The quantitative estimate of drug-likeness (QED) is 0.217. The molecule has 0 saturated heterocycles. The van der Waals surface area contributed by atoms with Crippen LogP contribution in [0, 0.1) is 38.0 Å². The number of aliphatic imine (C=N–C) groups is 1. The maximum atomic E-state index is 14.5. The van der Waals surface area contributed by atoms with Gasteiger partial charge in [0.05, 0.1) is 5.69 Å². The molecule has 1 unspecified atom stereocenters. The SMILES string of the molecule is N#CNC1=NC(c2c(I)ccc(F)c2F)c2c(nc(N)c(C#N)c2N)N1. The summed E-state index contributed by atoms with van der Waals surface area (Å²) in [4.78, 5) is 8.25. The van der Waals surface area contributed by atoms with Crippen LogP contribution >= 0.6 is 22.6 Å². The lowest BCUT2D eigenvalue weighted by molar-refractivity contribution is 0.493. The highest BCUT2D eigenvalue weighted by Gasteiger charge is 2.33. The van der Waals surface area contributed by atoms with Crippen LogP contribution in [0.2, 0.25) is 0 Å². The van der Waals surface area contributed by atoms with Crippen LogP contribution < -0.4 is 22.1 Å². The van der Waals surface area contributed by atoms with Crippen LogP contribution in [0.4, 0.5) is 26.1 Å². The molecule has 26 heavy (non-hydrogen) atoms. The Labute approximate surface area is 159 Å². The molecule has 0 fully saturated rings. The van der Waals surface area contributed by atoms with Crippen molar-refractivity contribution in [3.8, 4) is 12.3 Å². The first-order chi connectivity index (χ1) is 12.4. The topological polar surface area (TPSA) is 149 Å². The van der Waals surface area contributed by atoms with E-state index in [2.05, 4.69) is 20.6 Å². The van der Waals surface area contributed by atoms with Gasteiger partial charge in [-0.3, -0.25) is 5.32 Å². The van der Waals surface area contributed by atoms with Gasteiger partial charge in [-0.05, 0) is 34.7 Å². The fourth-order valence-electron chi connectivity index (χ4n) is 2.58. The van der Waals surface area contributed by atoms with E-state index in [4.69, 9.17) is 16.7 Å². The van der Waals surface area contributed by atoms with Crippen LogP contribution in [0.3, 0.4) is 0 Å². The molecule has 1 atom stereocenters. The predicted molar refractivity (Wildman–Crippen MR) is 98.5 cm³/mol. The van der Waals surface area contributed by atoms with Gasteiger partial charge < -0.3 is 16.8 Å². The van der Waals surface area contributed by atoms with E-state index >= 15 is 0 Å². The van der Waals surface area contributed by atoms with Gasteiger partial charge in [0.15, 0.2) is 17.8 Å². The molecule has 1 aliphatic heterocycles. The summed E-state index contributed by atoms with van der Waals surface area (Å²) in [5.41, 5.74) is 11.7. The number of hydrogen-bond acceptors (Lipinski definition) is 8. The highest BCUT2D eigenvalue weighted by molar-refractivity contribution is 14.1. The van der Waals surface area contributed by atoms with E-state index in [1.165, 1.54) is 6.07 Å². The molecule has 6 N–H and O–H groups in total. The zero-order chi connectivity index (χ0) is 19.0. The van der Waals surface area contributed by atoms with Gasteiger partial charge in [-0.2, -0.15) is 10.5 Å². The smallest absolute Gasteiger partial charge is 0.211 e. The molecular weight excluding hydrogens is 457 g/mol. The van der Waals surface area contributed by atoms with Gasteiger partial charge in [0.1, 0.15) is 29.3 Å². The Morgan fingerprint density at radius 3 is 2.62 bits per heavy atom. The number of guanidine groups is 1. The lowest BCUT2D eigenvalue weighted by Crippen LogP contribution is -2.33. The second kappa shape index (κ2) is 6.61. The van der Waals surface area contributed by atoms with E-state index in [1.807, 2.05) is 28.7 Å². The third kappa shape index (κ3) is 2.72. The Hall–Kier alpha value is -3.19. The minimum atomic E-state index is -1.13. The van der Waals surface area contributed by atoms with Crippen LogP contribution in [-0.4, -0.2) is 10.9 Å². The average Bonchev–Trinajstić information content (AvgIpc) is 2.58. The van der Waals surface area contributed by atoms with Crippen molar-refractivity contribution in [1.29, 1.82) is 10.5 Å². The van der Waals surface area contributed by atoms with E-state index in [0.29, 0.717) is 3.57 Å². The molecule has 2 aromatic rings. The first kappa shape index (κ1) is 17.6. The number of nitriles is 2. The van der Waals surface area contributed by atoms with E-state index < -0.39 is 17.7 Å². The van der Waals surface area contributed by atoms with Gasteiger partial charge in [-0.25, -0.2) is 18.8 Å². The van der Waals surface area contributed by atoms with Crippen molar-refractivity contribution in [2.45, 2.75) is 6.04 Å². The highest BCUT2D eigenvalue weighted by atomic mass is 127. The van der Waals surface area contributed by atoms with Crippen molar-refractivity contribution in [3.05, 3.63) is 44.0 Å². The Morgan fingerprint density at radius 1 is 1.23 bits per heavy atom. The fourth-order valence-corrected chi connectivity index (χ4v) is 3.29. The number of nitrogen functional groups attached to an aromatic ring is 2. The van der Waals surface area contributed by atoms with Crippen molar-refractivity contribution in [1.82, 2.24) is 10.3 Å². The second-order valence-electron chi connectivity index (χ2n) is 5.16. The fraction of sp³-hybridized carbons (Fsp3) is 0.0667. The predicted octanol–water partition coefficient (Wildman–Crippen LogP) is 1.94. The second-order valence-corrected chi connectivity index (χ2v) is 6.32. The summed E-state index contributed by atoms with van der Waals surface area (Å²) in [5.74, 6) is -2.25. The number of benzene rings is 1. The van der Waals surface area contributed by atoms with Gasteiger partial charge in [0, 0.05) is 14.7 Å². The summed E-state index contributed by atoms with van der Waals surface area (Å²) < 4.78 is 28.7. The largest absolute Gasteiger partial charge is 0.397 e. The van der Waals surface area contributed by atoms with E-state index in [9.17, 15) is 14.0 Å². The van der Waals surface area contributed by atoms with Gasteiger partial charge >= 0.3 is 0 Å². The summed E-state index contributed by atoms with van der Waals surface area (Å²) >= 11 is 1.84. The number of rotatable bonds is 1. The van der Waals surface area contributed by atoms with Crippen LogP contribution in [0.1, 0.15) is 22.7 Å². The third-order valence-corrected chi connectivity index (χ3v) is 4.65. The van der Waals surface area contributed by atoms with Gasteiger partial charge in [-0.1, -0.05) is 0 Å². The van der Waals surface area contributed by atoms with Crippen LogP contribution in [0.25, 0.3) is 0 Å². The number of pyridine rings is 1. The molecule has 0 saturated carbocycles. The maximum absolute atomic E-state index is 14.5. The number of nitrogens with zero attached hydrogens (tertiary/aromatic N) is 4. The number of nitrogens with two attached hydrogens (primary N) is 2. The molecule has 0 spiro atoms. The van der Waals surface area contributed by atoms with E-state index in [0.717, 1.165) is 6.07 Å². The Balaban J connectivity index is 2.35. The molecule has 0 bridgehead atoms. The first-order valence-corrected chi connectivity index (χ1v) is 8.09. The zero-order valence-electron chi connectivity index (χ0n) is 12.8. The van der Waals surface area contributed by atoms with Crippen LogP contribution in [-0.2, 0) is 0 Å². The number of aromatic nitrogens is 1. The Morgan fingerprint density at radius 2 is 1.96 bits per heavy atom. The lowest BCUT2D eigenvalue weighted by Gasteiger charge is -2.27. The molecule has 3 rings (SSSR count). The summed E-state index contributed by atoms with van der Waals surface area (Å²) in [6, 6.07) is 3.08. The summed E-state index contributed by atoms with van der Waals surface area (Å²) in [5, 5.41) is 23.1. The first-order valence-electron chi connectivity index (χ1n) is 7.01. The number of halogens is 3. The summed E-state index contributed by atoms with van der Waals surface area (Å²) in [6.45, 7) is 0. The number of fused-ring (bicyclic) bond motifs is 1. The minimum absolute atomic E-state index is 0.0412. The monoisotopic (exact) mass is 466 g/mol. The van der Waals surface area contributed by atoms with E-state index in [-0.39, 0.29) is 40.0 Å². The van der Waals surface area contributed by atoms with Gasteiger partial charge in [0.2, 0.25) is 5.96 Å². The van der Waals surface area contributed by atoms with Crippen molar-refractivity contribution >= 4 is 45.9 Å². The molecule has 11 heteroatoms. The number of hydrogen-bond donors (Lipinski definition) is 4. The van der Waals surface area contributed by atoms with Gasteiger partial charge in [-0.15, -0.1) is 0 Å². The highest BCUT2D eigenvalue weighted by Crippen LogP contribution is 2.42. The molecule has 0 amide bonds. The molecule has 2 heterocycles. The summed E-state index contributed by atoms with van der Waals surface area (Å²) in [7, 11) is 0. The standard InChI is InChI=1S/C15H9F2IN8/c16-6-1-2-7(18)8(10(6)17)12-9-11(21)5(3-19)13(22)25-14(9)26-15(24-12)23-4-20/h1-2,12H,(H6,21,22,23,24,25,26). The zero-order valence-corrected chi connectivity index (χ0v) is 15.0. The molecule has 0 aliphatic carbocycles. The van der Waals surface area contributed by atoms with Crippen molar-refractivity contribution < 1.29 is 8.78 Å². The number of nitrogens with one attached hydrogen (secondary N) is 2. The Kier molecular flexibility index (Phi) is 4.48. The average molecular weight is 466 g/mol. The molecule has 8 nitrogen and oxygen atoms in total. The minimum Gasteiger partial charge on any atom is -0.397 e. The van der Waals surface area contributed by atoms with Crippen molar-refractivity contribution in [3.63, 3.8) is 0 Å². The van der Waals surface area contributed by atoms with Crippen molar-refractivity contribution in [2.75, 3.05) is 16.8 Å². The summed E-state index contributed by atoms with van der Waals surface area (Å²) in [6.07, 6.45) is 1.68. The molecule has 1 aromatic carbocycles. The molecule has 1 aliphatic rings. The number of anilines is 3. The lowest BCUT2D eigenvalue weighted by atomic mass is 9.94. The normalized spacial score (nSPS) is 15.1. The molecule has 0 radical (unpaired) electrons. The van der Waals surface area contributed by atoms with Crippen molar-refractivity contribution in [2.24, 2.45) is 4.99 Å². The molecular formula is C15H9F2IN8. The van der Waals surface area contributed by atoms with E-state index in [1.54, 1.807) is 6.19 Å². The Bertz CT molecular complexity index is 1040. The van der Waals surface area contributed by atoms with Gasteiger partial charge in [0.25, 0.3) is 0 Å². The maximum Gasteiger partial charge on any atom is 0.211 e. The van der Waals surface area contributed by atoms with Crippen LogP contribution in [0.15, 0.2) is 17.1 Å². The third-order valence-electron chi connectivity index (χ3n) is 3.71. The molecule has 1 aromatic heterocycles.